The van der Waals surface area contributed by atoms with Crippen LogP contribution >= 0.6 is 0 Å². The summed E-state index contributed by atoms with van der Waals surface area (Å²) in [5.41, 5.74) is 1.93. The number of piperidine rings is 1. The minimum Gasteiger partial charge on any atom is -0.342 e. The fraction of sp³-hybridized carbons (Fsp3) is 0.278. The first kappa shape index (κ1) is 16.2. The molecule has 2 heterocycles. The molecule has 1 aromatic heterocycles. The summed E-state index contributed by atoms with van der Waals surface area (Å²) in [6, 6.07) is 12.8. The number of rotatable bonds is 3. The Labute approximate surface area is 145 Å². The van der Waals surface area contributed by atoms with Crippen molar-refractivity contribution in [2.75, 3.05) is 13.1 Å². The number of nitrogens with zero attached hydrogens (tertiary/aromatic N) is 2. The number of H-pyrrole nitrogens is 1. The summed E-state index contributed by atoms with van der Waals surface area (Å²) in [5, 5.41) is 0. The molecular formula is C18H18FN3O2S. The molecule has 2 aromatic carbocycles. The second-order valence-corrected chi connectivity index (χ2v) is 8.21. The van der Waals surface area contributed by atoms with E-state index in [-0.39, 0.29) is 10.8 Å². The molecule has 0 unspecified atom stereocenters. The Bertz CT molecular complexity index is 958. The molecule has 1 N–H and O–H groups in total. The standard InChI is InChI=1S/C18H18FN3O2S/c19-14-5-7-15(8-6-14)25(23,24)22-11-9-13(10-12-22)18-20-16-3-1-2-4-17(16)21-18/h1-8,13H,9-12H2,(H,20,21). The van der Waals surface area contributed by atoms with Crippen molar-refractivity contribution in [1.29, 1.82) is 0 Å². The lowest BCUT2D eigenvalue weighted by molar-refractivity contribution is 0.314. The number of hydrogen-bond donors (Lipinski definition) is 1. The highest BCUT2D eigenvalue weighted by Gasteiger charge is 2.31. The zero-order valence-electron chi connectivity index (χ0n) is 13.5. The van der Waals surface area contributed by atoms with Crippen LogP contribution in [0.15, 0.2) is 53.4 Å². The maximum Gasteiger partial charge on any atom is 0.243 e. The van der Waals surface area contributed by atoms with Gasteiger partial charge < -0.3 is 4.98 Å². The van der Waals surface area contributed by atoms with Gasteiger partial charge in [-0.3, -0.25) is 0 Å². The molecular weight excluding hydrogens is 341 g/mol. The second-order valence-electron chi connectivity index (χ2n) is 6.27. The number of sulfonamides is 1. The molecule has 1 fully saturated rings. The van der Waals surface area contributed by atoms with E-state index < -0.39 is 15.8 Å². The topological polar surface area (TPSA) is 66.1 Å². The largest absolute Gasteiger partial charge is 0.342 e. The van der Waals surface area contributed by atoms with Crippen LogP contribution in [0.4, 0.5) is 4.39 Å². The Kier molecular flexibility index (Phi) is 4.05. The maximum absolute atomic E-state index is 13.0. The van der Waals surface area contributed by atoms with E-state index in [1.807, 2.05) is 24.3 Å². The van der Waals surface area contributed by atoms with Gasteiger partial charge in [0.15, 0.2) is 0 Å². The molecule has 1 saturated heterocycles. The summed E-state index contributed by atoms with van der Waals surface area (Å²) < 4.78 is 39.8. The van der Waals surface area contributed by atoms with E-state index in [1.54, 1.807) is 0 Å². The zero-order chi connectivity index (χ0) is 17.4. The van der Waals surface area contributed by atoms with Crippen LogP contribution in [0.2, 0.25) is 0 Å². The summed E-state index contributed by atoms with van der Waals surface area (Å²) in [5.74, 6) is 0.689. The molecule has 3 aromatic rings. The average molecular weight is 359 g/mol. The first-order valence-corrected chi connectivity index (χ1v) is 9.68. The van der Waals surface area contributed by atoms with Gasteiger partial charge in [-0.05, 0) is 49.2 Å². The Morgan fingerprint density at radius 2 is 1.72 bits per heavy atom. The molecule has 5 nitrogen and oxygen atoms in total. The molecule has 25 heavy (non-hydrogen) atoms. The molecule has 0 amide bonds. The number of nitrogens with one attached hydrogen (secondary N) is 1. The molecule has 1 aliphatic rings. The van der Waals surface area contributed by atoms with E-state index in [4.69, 9.17) is 0 Å². The molecule has 0 spiro atoms. The first-order chi connectivity index (χ1) is 12.0. The van der Waals surface area contributed by atoms with Gasteiger partial charge in [0.25, 0.3) is 0 Å². The van der Waals surface area contributed by atoms with Crippen molar-refractivity contribution in [3.05, 3.63) is 60.2 Å². The summed E-state index contributed by atoms with van der Waals surface area (Å²) in [6.45, 7) is 0.864. The molecule has 7 heteroatoms. The number of halogens is 1. The molecule has 0 saturated carbocycles. The van der Waals surface area contributed by atoms with Crippen LogP contribution in [0.5, 0.6) is 0 Å². The number of benzene rings is 2. The summed E-state index contributed by atoms with van der Waals surface area (Å²) >= 11 is 0. The van der Waals surface area contributed by atoms with Gasteiger partial charge >= 0.3 is 0 Å². The van der Waals surface area contributed by atoms with Gasteiger partial charge in [-0.1, -0.05) is 12.1 Å². The Hall–Kier alpha value is -2.25. The van der Waals surface area contributed by atoms with Crippen LogP contribution in [0.25, 0.3) is 11.0 Å². The number of aromatic amines is 1. The van der Waals surface area contributed by atoms with Gasteiger partial charge in [0.2, 0.25) is 10.0 Å². The highest BCUT2D eigenvalue weighted by molar-refractivity contribution is 7.89. The summed E-state index contributed by atoms with van der Waals surface area (Å²) in [4.78, 5) is 8.10. The molecule has 0 atom stereocenters. The third-order valence-corrected chi connectivity index (χ3v) is 6.61. The van der Waals surface area contributed by atoms with Crippen LogP contribution in [-0.4, -0.2) is 35.8 Å². The van der Waals surface area contributed by atoms with E-state index in [9.17, 15) is 12.8 Å². The van der Waals surface area contributed by atoms with Crippen molar-refractivity contribution in [3.8, 4) is 0 Å². The minimum absolute atomic E-state index is 0.135. The van der Waals surface area contributed by atoms with Crippen LogP contribution in [-0.2, 0) is 10.0 Å². The Balaban J connectivity index is 1.50. The SMILES string of the molecule is O=S(=O)(c1ccc(F)cc1)N1CCC(c2nc3ccccc3[nH]2)CC1. The smallest absolute Gasteiger partial charge is 0.243 e. The van der Waals surface area contributed by atoms with Gasteiger partial charge in [0.1, 0.15) is 11.6 Å². The van der Waals surface area contributed by atoms with Crippen LogP contribution in [0.1, 0.15) is 24.6 Å². The second kappa shape index (κ2) is 6.24. The van der Waals surface area contributed by atoms with Gasteiger partial charge in [-0.15, -0.1) is 0 Å². The van der Waals surface area contributed by atoms with Crippen molar-refractivity contribution >= 4 is 21.1 Å². The Morgan fingerprint density at radius 3 is 2.40 bits per heavy atom. The molecule has 0 bridgehead atoms. The van der Waals surface area contributed by atoms with Gasteiger partial charge in [-0.25, -0.2) is 17.8 Å². The maximum atomic E-state index is 13.0. The highest BCUT2D eigenvalue weighted by Crippen LogP contribution is 2.30. The summed E-state index contributed by atoms with van der Waals surface area (Å²) in [6.07, 6.45) is 1.42. The van der Waals surface area contributed by atoms with Gasteiger partial charge in [0, 0.05) is 19.0 Å². The monoisotopic (exact) mass is 359 g/mol. The first-order valence-electron chi connectivity index (χ1n) is 8.24. The number of fused-ring (bicyclic) bond motifs is 1. The fourth-order valence-corrected chi connectivity index (χ4v) is 4.76. The van der Waals surface area contributed by atoms with Crippen molar-refractivity contribution in [3.63, 3.8) is 0 Å². The van der Waals surface area contributed by atoms with Crippen molar-refractivity contribution < 1.29 is 12.8 Å². The molecule has 4 rings (SSSR count). The van der Waals surface area contributed by atoms with E-state index in [2.05, 4.69) is 9.97 Å². The lowest BCUT2D eigenvalue weighted by Crippen LogP contribution is -2.38. The lowest BCUT2D eigenvalue weighted by atomic mass is 9.97. The van der Waals surface area contributed by atoms with Gasteiger partial charge in [-0.2, -0.15) is 4.31 Å². The summed E-state index contributed by atoms with van der Waals surface area (Å²) in [7, 11) is -3.57. The third kappa shape index (κ3) is 3.05. The fourth-order valence-electron chi connectivity index (χ4n) is 3.29. The molecule has 1 aliphatic heterocycles. The van der Waals surface area contributed by atoms with Crippen LogP contribution in [0, 0.1) is 5.82 Å². The Morgan fingerprint density at radius 1 is 1.04 bits per heavy atom. The quantitative estimate of drug-likeness (QED) is 0.780. The average Bonchev–Trinajstić information content (AvgIpc) is 3.06. The predicted octanol–water partition coefficient (Wildman–Crippen LogP) is 3.27. The number of imidazole rings is 1. The lowest BCUT2D eigenvalue weighted by Gasteiger charge is -2.30. The predicted molar refractivity (Wildman–Crippen MR) is 93.2 cm³/mol. The van der Waals surface area contributed by atoms with Crippen molar-refractivity contribution in [1.82, 2.24) is 14.3 Å². The van der Waals surface area contributed by atoms with E-state index >= 15 is 0 Å². The number of para-hydroxylation sites is 2. The highest BCUT2D eigenvalue weighted by atomic mass is 32.2. The zero-order valence-corrected chi connectivity index (χ0v) is 14.3. The van der Waals surface area contributed by atoms with Crippen LogP contribution in [0.3, 0.4) is 0 Å². The molecule has 130 valence electrons. The van der Waals surface area contributed by atoms with E-state index in [0.717, 1.165) is 16.9 Å². The minimum atomic E-state index is -3.57. The van der Waals surface area contributed by atoms with Gasteiger partial charge in [0.05, 0.1) is 15.9 Å². The molecule has 0 aliphatic carbocycles. The number of hydrogen-bond acceptors (Lipinski definition) is 3. The molecule has 0 radical (unpaired) electrons. The van der Waals surface area contributed by atoms with Crippen molar-refractivity contribution in [2.45, 2.75) is 23.7 Å². The van der Waals surface area contributed by atoms with Crippen molar-refractivity contribution in [2.24, 2.45) is 0 Å². The third-order valence-electron chi connectivity index (χ3n) is 4.70. The van der Waals surface area contributed by atoms with E-state index in [1.165, 1.54) is 28.6 Å². The number of aromatic nitrogens is 2. The van der Waals surface area contributed by atoms with Crippen LogP contribution < -0.4 is 0 Å². The normalized spacial score (nSPS) is 17.2. The van der Waals surface area contributed by atoms with E-state index in [0.29, 0.717) is 25.9 Å².